The van der Waals surface area contributed by atoms with Gasteiger partial charge in [-0.15, -0.1) is 11.3 Å². The topological polar surface area (TPSA) is 91.0 Å². The van der Waals surface area contributed by atoms with Crippen LogP contribution in [0.15, 0.2) is 46.6 Å². The Labute approximate surface area is 143 Å². The van der Waals surface area contributed by atoms with Crippen molar-refractivity contribution in [1.29, 1.82) is 0 Å². The van der Waals surface area contributed by atoms with Crippen LogP contribution in [0.25, 0.3) is 5.00 Å². The van der Waals surface area contributed by atoms with Crippen LogP contribution in [0.4, 0.5) is 14.5 Å². The van der Waals surface area contributed by atoms with Crippen LogP contribution in [0.2, 0.25) is 0 Å². The summed E-state index contributed by atoms with van der Waals surface area (Å²) in [6, 6.07) is 8.86. The maximum absolute atomic E-state index is 12.1. The molecule has 3 rings (SSSR count). The van der Waals surface area contributed by atoms with Gasteiger partial charge in [0.2, 0.25) is 5.91 Å². The molecule has 1 amide bonds. The van der Waals surface area contributed by atoms with Crippen LogP contribution < -0.4 is 15.7 Å². The van der Waals surface area contributed by atoms with Crippen LogP contribution in [-0.4, -0.2) is 32.3 Å². The third-order valence-electron chi connectivity index (χ3n) is 3.01. The van der Waals surface area contributed by atoms with E-state index in [0.29, 0.717) is 10.7 Å². The Kier molecular flexibility index (Phi) is 4.84. The number of carbonyl (C=O) groups excluding carboxylic acids is 1. The van der Waals surface area contributed by atoms with Gasteiger partial charge < -0.3 is 10.1 Å². The molecule has 25 heavy (non-hydrogen) atoms. The zero-order valence-electron chi connectivity index (χ0n) is 12.5. The average Bonchev–Trinajstić information content (AvgIpc) is 3.20. The van der Waals surface area contributed by atoms with Crippen LogP contribution in [-0.2, 0) is 11.3 Å². The molecular weight excluding hydrogens is 356 g/mol. The maximum atomic E-state index is 12.1. The van der Waals surface area contributed by atoms with Gasteiger partial charge in [0.15, 0.2) is 0 Å². The molecule has 0 aliphatic carbocycles. The van der Waals surface area contributed by atoms with Gasteiger partial charge in [0, 0.05) is 5.69 Å². The average molecular weight is 367 g/mol. The SMILES string of the molecule is O=C(Cn1nnn(-c2cccs2)c1=O)Nc1ccc(OC(F)F)cc1. The summed E-state index contributed by atoms with van der Waals surface area (Å²) in [6.45, 7) is -3.25. The molecule has 1 aromatic carbocycles. The first-order valence-electron chi connectivity index (χ1n) is 6.94. The predicted octanol–water partition coefficient (Wildman–Crippen LogP) is 1.73. The van der Waals surface area contributed by atoms with Crippen molar-refractivity contribution in [2.24, 2.45) is 0 Å². The number of hydrogen-bond donors (Lipinski definition) is 1. The Balaban J connectivity index is 1.64. The summed E-state index contributed by atoms with van der Waals surface area (Å²) in [5.74, 6) is -0.536. The molecular formula is C14H11F2N5O3S. The van der Waals surface area contributed by atoms with Gasteiger partial charge in [0.25, 0.3) is 0 Å². The Bertz CT molecular complexity index is 905. The van der Waals surface area contributed by atoms with Crippen LogP contribution in [0.3, 0.4) is 0 Å². The van der Waals surface area contributed by atoms with Crippen molar-refractivity contribution in [3.8, 4) is 10.8 Å². The standard InChI is InChI=1S/C14H11F2N5O3S/c15-13(16)24-10-5-3-9(4-6-10)17-11(22)8-20-14(23)21(19-18-20)12-2-1-7-25-12/h1-7,13H,8H2,(H,17,22). The third kappa shape index (κ3) is 4.07. The molecule has 2 aromatic heterocycles. The van der Waals surface area contributed by atoms with E-state index in [1.165, 1.54) is 35.6 Å². The van der Waals surface area contributed by atoms with E-state index in [9.17, 15) is 18.4 Å². The first-order chi connectivity index (χ1) is 12.0. The number of alkyl halides is 2. The van der Waals surface area contributed by atoms with Gasteiger partial charge >= 0.3 is 12.3 Å². The van der Waals surface area contributed by atoms with Gasteiger partial charge in [-0.1, -0.05) is 0 Å². The zero-order chi connectivity index (χ0) is 17.8. The molecule has 0 radical (unpaired) electrons. The van der Waals surface area contributed by atoms with Gasteiger partial charge in [0.1, 0.15) is 17.3 Å². The zero-order valence-corrected chi connectivity index (χ0v) is 13.3. The Morgan fingerprint density at radius 1 is 1.24 bits per heavy atom. The molecule has 2 heterocycles. The summed E-state index contributed by atoms with van der Waals surface area (Å²) in [5.41, 5.74) is -0.177. The Morgan fingerprint density at radius 3 is 2.64 bits per heavy atom. The Morgan fingerprint density at radius 2 is 2.00 bits per heavy atom. The van der Waals surface area contributed by atoms with Crippen LogP contribution in [0, 0.1) is 0 Å². The minimum absolute atomic E-state index is 0.0249. The smallest absolute Gasteiger partial charge is 0.387 e. The molecule has 8 nitrogen and oxygen atoms in total. The normalized spacial score (nSPS) is 10.8. The maximum Gasteiger partial charge on any atom is 0.387 e. The molecule has 1 N–H and O–H groups in total. The number of aromatic nitrogens is 4. The van der Waals surface area contributed by atoms with Crippen LogP contribution in [0.1, 0.15) is 0 Å². The van der Waals surface area contributed by atoms with E-state index in [-0.39, 0.29) is 12.3 Å². The lowest BCUT2D eigenvalue weighted by Crippen LogP contribution is -2.29. The largest absolute Gasteiger partial charge is 0.435 e. The molecule has 0 unspecified atom stereocenters. The van der Waals surface area contributed by atoms with Gasteiger partial charge in [0.05, 0.1) is 0 Å². The van der Waals surface area contributed by atoms with Crippen molar-refractivity contribution in [3.63, 3.8) is 0 Å². The van der Waals surface area contributed by atoms with Crippen LogP contribution in [0.5, 0.6) is 5.75 Å². The second-order valence-corrected chi connectivity index (χ2v) is 5.66. The van der Waals surface area contributed by atoms with Crippen molar-refractivity contribution in [2.75, 3.05) is 5.32 Å². The summed E-state index contributed by atoms with van der Waals surface area (Å²) in [4.78, 5) is 24.1. The first kappa shape index (κ1) is 16.8. The molecule has 0 saturated carbocycles. The van der Waals surface area contributed by atoms with E-state index in [1.54, 1.807) is 17.5 Å². The fraction of sp³-hybridized carbons (Fsp3) is 0.143. The minimum Gasteiger partial charge on any atom is -0.435 e. The fourth-order valence-corrected chi connectivity index (χ4v) is 2.63. The molecule has 0 aliphatic heterocycles. The number of amides is 1. The summed E-state index contributed by atoms with van der Waals surface area (Å²) in [5, 5.41) is 12.3. The molecule has 0 fully saturated rings. The number of nitrogens with zero attached hydrogens (tertiary/aromatic N) is 4. The van der Waals surface area contributed by atoms with E-state index in [4.69, 9.17) is 0 Å². The third-order valence-corrected chi connectivity index (χ3v) is 3.85. The van der Waals surface area contributed by atoms with E-state index in [0.717, 1.165) is 9.36 Å². The van der Waals surface area contributed by atoms with Crippen LogP contribution >= 0.6 is 11.3 Å². The van der Waals surface area contributed by atoms with E-state index < -0.39 is 18.2 Å². The number of anilines is 1. The highest BCUT2D eigenvalue weighted by atomic mass is 32.1. The van der Waals surface area contributed by atoms with Gasteiger partial charge in [-0.3, -0.25) is 4.79 Å². The number of ether oxygens (including phenoxy) is 1. The van der Waals surface area contributed by atoms with E-state index >= 15 is 0 Å². The monoisotopic (exact) mass is 367 g/mol. The van der Waals surface area contributed by atoms with Crippen molar-refractivity contribution in [1.82, 2.24) is 19.8 Å². The summed E-state index contributed by atoms with van der Waals surface area (Å²) >= 11 is 1.31. The fourth-order valence-electron chi connectivity index (χ4n) is 1.96. The summed E-state index contributed by atoms with van der Waals surface area (Å²) in [7, 11) is 0. The van der Waals surface area contributed by atoms with Crippen molar-refractivity contribution in [3.05, 3.63) is 52.3 Å². The lowest BCUT2D eigenvalue weighted by atomic mass is 10.3. The highest BCUT2D eigenvalue weighted by Crippen LogP contribution is 2.17. The molecule has 0 aliphatic rings. The number of rotatable bonds is 6. The lowest BCUT2D eigenvalue weighted by molar-refractivity contribution is -0.117. The van der Waals surface area contributed by atoms with Crippen molar-refractivity contribution in [2.45, 2.75) is 13.2 Å². The molecule has 0 spiro atoms. The molecule has 11 heteroatoms. The molecule has 3 aromatic rings. The van der Waals surface area contributed by atoms with Gasteiger partial charge in [-0.05, 0) is 52.2 Å². The molecule has 0 saturated heterocycles. The van der Waals surface area contributed by atoms with Crippen molar-refractivity contribution < 1.29 is 18.3 Å². The second kappa shape index (κ2) is 7.21. The number of carbonyl (C=O) groups is 1. The highest BCUT2D eigenvalue weighted by Gasteiger charge is 2.13. The number of tetrazole rings is 1. The number of halogens is 2. The summed E-state index contributed by atoms with van der Waals surface area (Å²) < 4.78 is 30.4. The molecule has 0 atom stereocenters. The number of thiophene rings is 1. The first-order valence-corrected chi connectivity index (χ1v) is 7.82. The number of hydrogen-bond acceptors (Lipinski definition) is 6. The van der Waals surface area contributed by atoms with E-state index in [1.807, 2.05) is 0 Å². The number of benzene rings is 1. The van der Waals surface area contributed by atoms with E-state index in [2.05, 4.69) is 20.5 Å². The molecule has 130 valence electrons. The highest BCUT2D eigenvalue weighted by molar-refractivity contribution is 7.12. The van der Waals surface area contributed by atoms with Gasteiger partial charge in [-0.25, -0.2) is 4.79 Å². The van der Waals surface area contributed by atoms with Gasteiger partial charge in [-0.2, -0.15) is 18.1 Å². The minimum atomic E-state index is -2.92. The second-order valence-electron chi connectivity index (χ2n) is 4.73. The molecule has 0 bridgehead atoms. The van der Waals surface area contributed by atoms with Crippen molar-refractivity contribution >= 4 is 22.9 Å². The summed E-state index contributed by atoms with van der Waals surface area (Å²) in [6.07, 6.45) is 0. The number of nitrogens with one attached hydrogen (secondary N) is 1. The predicted molar refractivity (Wildman–Crippen MR) is 85.2 cm³/mol. The quantitative estimate of drug-likeness (QED) is 0.717. The lowest BCUT2D eigenvalue weighted by Gasteiger charge is -2.07. The Hall–Kier alpha value is -3.08.